The monoisotopic (exact) mass is 281 g/mol. The smallest absolute Gasteiger partial charge is 0.418 e. The zero-order chi connectivity index (χ0) is 14.8. The number of carbonyl (C=O) groups is 1. The largest absolute Gasteiger partial charge is 0.481 e. The van der Waals surface area contributed by atoms with Gasteiger partial charge in [-0.05, 0) is 11.1 Å². The number of hydrogen-bond acceptors (Lipinski definition) is 2. The Balaban J connectivity index is 2.65. The lowest BCUT2D eigenvalue weighted by Gasteiger charge is -2.15. The van der Waals surface area contributed by atoms with Gasteiger partial charge in [0.25, 0.3) is 0 Å². The van der Waals surface area contributed by atoms with Crippen molar-refractivity contribution in [1.29, 1.82) is 0 Å². The van der Waals surface area contributed by atoms with Crippen LogP contribution in [0, 0.1) is 0 Å². The molecule has 0 aliphatic carbocycles. The summed E-state index contributed by atoms with van der Waals surface area (Å²) in [5.41, 5.74) is -0.599. The molecule has 0 unspecified atom stereocenters. The highest BCUT2D eigenvalue weighted by molar-refractivity contribution is 5.77. The Morgan fingerprint density at radius 3 is 2.35 bits per heavy atom. The van der Waals surface area contributed by atoms with Crippen LogP contribution in [0.1, 0.15) is 11.1 Å². The summed E-state index contributed by atoms with van der Waals surface area (Å²) in [6, 6.07) is 8.28. The fraction of sp³-hybridized carbons (Fsp3) is 0.143. The van der Waals surface area contributed by atoms with Gasteiger partial charge in [-0.25, -0.2) is 0 Å². The van der Waals surface area contributed by atoms with E-state index in [0.29, 0.717) is 11.8 Å². The third-order valence-corrected chi connectivity index (χ3v) is 2.78. The first kappa shape index (κ1) is 14.0. The zero-order valence-corrected chi connectivity index (χ0v) is 10.2. The maximum absolute atomic E-state index is 13.0. The number of pyridine rings is 1. The summed E-state index contributed by atoms with van der Waals surface area (Å²) in [6.07, 6.45) is -3.43. The maximum Gasteiger partial charge on any atom is 0.418 e. The predicted molar refractivity (Wildman–Crippen MR) is 66.0 cm³/mol. The minimum atomic E-state index is -4.64. The number of carboxylic acids is 1. The van der Waals surface area contributed by atoms with Crippen molar-refractivity contribution >= 4 is 5.97 Å². The van der Waals surface area contributed by atoms with Gasteiger partial charge in [-0.2, -0.15) is 13.2 Å². The van der Waals surface area contributed by atoms with E-state index < -0.39 is 24.1 Å². The van der Waals surface area contributed by atoms with Crippen molar-refractivity contribution in [3.05, 3.63) is 53.9 Å². The molecule has 1 N–H and O–H groups in total. The van der Waals surface area contributed by atoms with Gasteiger partial charge >= 0.3 is 12.1 Å². The van der Waals surface area contributed by atoms with Gasteiger partial charge in [0.05, 0.1) is 12.0 Å². The molecule has 1 aromatic heterocycles. The molecule has 0 spiro atoms. The Labute approximate surface area is 112 Å². The lowest BCUT2D eigenvalue weighted by atomic mass is 9.95. The van der Waals surface area contributed by atoms with Crippen molar-refractivity contribution < 1.29 is 23.1 Å². The van der Waals surface area contributed by atoms with E-state index in [9.17, 15) is 18.0 Å². The van der Waals surface area contributed by atoms with Crippen molar-refractivity contribution in [1.82, 2.24) is 4.98 Å². The molecular weight excluding hydrogens is 271 g/mol. The second-order valence-corrected chi connectivity index (χ2v) is 4.15. The third-order valence-electron chi connectivity index (χ3n) is 2.78. The number of aliphatic carboxylic acids is 1. The van der Waals surface area contributed by atoms with Crippen LogP contribution in [0.25, 0.3) is 11.1 Å². The average Bonchev–Trinajstić information content (AvgIpc) is 2.38. The highest BCUT2D eigenvalue weighted by atomic mass is 19.4. The minimum Gasteiger partial charge on any atom is -0.481 e. The molecule has 0 saturated carbocycles. The van der Waals surface area contributed by atoms with Crippen LogP contribution in [0.3, 0.4) is 0 Å². The normalized spacial score (nSPS) is 11.3. The topological polar surface area (TPSA) is 50.2 Å². The van der Waals surface area contributed by atoms with E-state index in [0.717, 1.165) is 0 Å². The Morgan fingerprint density at radius 1 is 1.15 bits per heavy atom. The molecule has 0 bridgehead atoms. The van der Waals surface area contributed by atoms with E-state index in [1.54, 1.807) is 30.3 Å². The van der Waals surface area contributed by atoms with E-state index in [1.807, 2.05) is 0 Å². The van der Waals surface area contributed by atoms with Crippen molar-refractivity contribution in [2.45, 2.75) is 12.6 Å². The SMILES string of the molecule is O=C(O)Cc1c(-c2ccccc2)cncc1C(F)(F)F. The van der Waals surface area contributed by atoms with Gasteiger partial charge in [0.2, 0.25) is 0 Å². The third kappa shape index (κ3) is 2.96. The fourth-order valence-electron chi connectivity index (χ4n) is 1.94. The van der Waals surface area contributed by atoms with Crippen molar-refractivity contribution in [2.75, 3.05) is 0 Å². The molecule has 6 heteroatoms. The lowest BCUT2D eigenvalue weighted by Crippen LogP contribution is -2.14. The van der Waals surface area contributed by atoms with E-state index >= 15 is 0 Å². The first-order valence-corrected chi connectivity index (χ1v) is 5.71. The molecule has 1 heterocycles. The van der Waals surface area contributed by atoms with Gasteiger partial charge in [0, 0.05) is 18.0 Å². The minimum absolute atomic E-state index is 0.183. The molecule has 0 fully saturated rings. The molecule has 0 atom stereocenters. The van der Waals surface area contributed by atoms with Crippen LogP contribution in [0.5, 0.6) is 0 Å². The predicted octanol–water partition coefficient (Wildman–Crippen LogP) is 3.39. The van der Waals surface area contributed by atoms with Gasteiger partial charge in [-0.3, -0.25) is 9.78 Å². The lowest BCUT2D eigenvalue weighted by molar-refractivity contribution is -0.139. The summed E-state index contributed by atoms with van der Waals surface area (Å²) in [7, 11) is 0. The van der Waals surface area contributed by atoms with Crippen LogP contribution < -0.4 is 0 Å². The highest BCUT2D eigenvalue weighted by Crippen LogP contribution is 2.36. The van der Waals surface area contributed by atoms with Crippen LogP contribution in [-0.2, 0) is 17.4 Å². The van der Waals surface area contributed by atoms with Crippen molar-refractivity contribution in [3.63, 3.8) is 0 Å². The molecular formula is C14H10F3NO2. The van der Waals surface area contributed by atoms with Crippen LogP contribution >= 0.6 is 0 Å². The Morgan fingerprint density at radius 2 is 1.80 bits per heavy atom. The number of benzene rings is 1. The van der Waals surface area contributed by atoms with Crippen LogP contribution in [0.4, 0.5) is 13.2 Å². The summed E-state index contributed by atoms with van der Waals surface area (Å²) < 4.78 is 38.9. The average molecular weight is 281 g/mol. The van der Waals surface area contributed by atoms with E-state index in [4.69, 9.17) is 5.11 Å². The summed E-state index contributed by atoms with van der Waals surface area (Å²) >= 11 is 0. The summed E-state index contributed by atoms with van der Waals surface area (Å²) in [4.78, 5) is 14.4. The van der Waals surface area contributed by atoms with E-state index in [-0.39, 0.29) is 11.1 Å². The van der Waals surface area contributed by atoms with Crippen LogP contribution in [0.15, 0.2) is 42.7 Å². The Bertz CT molecular complexity index is 624. The number of hydrogen-bond donors (Lipinski definition) is 1. The number of halogens is 3. The van der Waals surface area contributed by atoms with E-state index in [1.165, 1.54) is 6.20 Å². The molecule has 1 aromatic carbocycles. The molecule has 3 nitrogen and oxygen atoms in total. The number of carboxylic acid groups (broad SMARTS) is 1. The van der Waals surface area contributed by atoms with Gasteiger partial charge in [0.1, 0.15) is 0 Å². The summed E-state index contributed by atoms with van der Waals surface area (Å²) in [5, 5.41) is 8.84. The molecule has 0 aliphatic heterocycles. The summed E-state index contributed by atoms with van der Waals surface area (Å²) in [5.74, 6) is -1.32. The maximum atomic E-state index is 13.0. The Hall–Kier alpha value is -2.37. The molecule has 2 rings (SSSR count). The number of aromatic nitrogens is 1. The number of rotatable bonds is 3. The molecule has 0 amide bonds. The van der Waals surface area contributed by atoms with Crippen LogP contribution in [-0.4, -0.2) is 16.1 Å². The van der Waals surface area contributed by atoms with E-state index in [2.05, 4.69) is 4.98 Å². The molecule has 104 valence electrons. The second kappa shape index (κ2) is 5.32. The summed E-state index contributed by atoms with van der Waals surface area (Å²) in [6.45, 7) is 0. The molecule has 0 saturated heterocycles. The van der Waals surface area contributed by atoms with Gasteiger partial charge in [-0.15, -0.1) is 0 Å². The molecule has 20 heavy (non-hydrogen) atoms. The molecule has 0 radical (unpaired) electrons. The van der Waals surface area contributed by atoms with Gasteiger partial charge in [-0.1, -0.05) is 30.3 Å². The quantitative estimate of drug-likeness (QED) is 0.938. The standard InChI is InChI=1S/C14H10F3NO2/c15-14(16,17)12-8-18-7-11(10(12)6-13(19)20)9-4-2-1-3-5-9/h1-5,7-8H,6H2,(H,19,20). The molecule has 0 aliphatic rings. The Kier molecular flexibility index (Phi) is 3.74. The van der Waals surface area contributed by atoms with Crippen molar-refractivity contribution in [2.24, 2.45) is 0 Å². The van der Waals surface area contributed by atoms with Crippen LogP contribution in [0.2, 0.25) is 0 Å². The van der Waals surface area contributed by atoms with Gasteiger partial charge in [0.15, 0.2) is 0 Å². The van der Waals surface area contributed by atoms with Crippen molar-refractivity contribution in [3.8, 4) is 11.1 Å². The first-order chi connectivity index (χ1) is 9.39. The highest BCUT2D eigenvalue weighted by Gasteiger charge is 2.35. The molecule has 2 aromatic rings. The fourth-order valence-corrected chi connectivity index (χ4v) is 1.94. The number of alkyl halides is 3. The zero-order valence-electron chi connectivity index (χ0n) is 10.2. The number of nitrogens with zero attached hydrogens (tertiary/aromatic N) is 1. The van der Waals surface area contributed by atoms with Gasteiger partial charge < -0.3 is 5.11 Å². The first-order valence-electron chi connectivity index (χ1n) is 5.71. The second-order valence-electron chi connectivity index (χ2n) is 4.15.